The van der Waals surface area contributed by atoms with E-state index in [1.54, 1.807) is 6.92 Å². The Morgan fingerprint density at radius 2 is 1.82 bits per heavy atom. The normalized spacial score (nSPS) is 33.0. The standard InChI is InChI=1S/C17H25N3O2/c1-11(21)19-17(9-5-2-6-10-17)16-18-15(22-20-16)14-12-7-3-4-8-13(12)14/h12-14H,2-10H2,1H3,(H,19,21). The summed E-state index contributed by atoms with van der Waals surface area (Å²) in [5, 5.41) is 7.41. The minimum atomic E-state index is -0.397. The van der Waals surface area contributed by atoms with E-state index in [1.807, 2.05) is 0 Å². The molecule has 3 fully saturated rings. The van der Waals surface area contributed by atoms with E-state index in [1.165, 1.54) is 32.1 Å². The van der Waals surface area contributed by atoms with Crippen LogP contribution in [0.3, 0.4) is 0 Å². The van der Waals surface area contributed by atoms with Gasteiger partial charge in [0.15, 0.2) is 5.82 Å². The topological polar surface area (TPSA) is 68.0 Å². The second-order valence-corrected chi connectivity index (χ2v) is 7.42. The molecular formula is C17H25N3O2. The molecule has 0 bridgehead atoms. The van der Waals surface area contributed by atoms with Crippen LogP contribution in [0.15, 0.2) is 4.52 Å². The van der Waals surface area contributed by atoms with Crippen molar-refractivity contribution in [3.63, 3.8) is 0 Å². The fourth-order valence-corrected chi connectivity index (χ4v) is 4.82. The average molecular weight is 303 g/mol. The molecule has 1 N–H and O–H groups in total. The smallest absolute Gasteiger partial charge is 0.230 e. The van der Waals surface area contributed by atoms with E-state index in [0.717, 1.165) is 43.4 Å². The van der Waals surface area contributed by atoms with Gasteiger partial charge in [0.2, 0.25) is 11.8 Å². The van der Waals surface area contributed by atoms with Gasteiger partial charge in [0.25, 0.3) is 0 Å². The molecule has 5 nitrogen and oxygen atoms in total. The highest BCUT2D eigenvalue weighted by atomic mass is 16.5. The fraction of sp³-hybridized carbons (Fsp3) is 0.824. The van der Waals surface area contributed by atoms with E-state index >= 15 is 0 Å². The summed E-state index contributed by atoms with van der Waals surface area (Å²) in [4.78, 5) is 16.4. The van der Waals surface area contributed by atoms with Crippen LogP contribution >= 0.6 is 0 Å². The van der Waals surface area contributed by atoms with Gasteiger partial charge < -0.3 is 9.84 Å². The van der Waals surface area contributed by atoms with Crippen LogP contribution < -0.4 is 5.32 Å². The largest absolute Gasteiger partial charge is 0.343 e. The Morgan fingerprint density at radius 1 is 1.14 bits per heavy atom. The molecule has 3 aliphatic carbocycles. The maximum absolute atomic E-state index is 11.7. The number of hydrogen-bond donors (Lipinski definition) is 1. The van der Waals surface area contributed by atoms with E-state index < -0.39 is 5.54 Å². The summed E-state index contributed by atoms with van der Waals surface area (Å²) >= 11 is 0. The number of amides is 1. The fourth-order valence-electron chi connectivity index (χ4n) is 4.82. The third-order valence-corrected chi connectivity index (χ3v) is 5.93. The first-order chi connectivity index (χ1) is 10.7. The van der Waals surface area contributed by atoms with Crippen molar-refractivity contribution in [1.82, 2.24) is 15.5 Å². The molecule has 0 saturated heterocycles. The zero-order chi connectivity index (χ0) is 15.2. The number of aromatic nitrogens is 2. The van der Waals surface area contributed by atoms with Crippen LogP contribution in [-0.2, 0) is 10.3 Å². The summed E-state index contributed by atoms with van der Waals surface area (Å²) < 4.78 is 5.63. The number of nitrogens with zero attached hydrogens (tertiary/aromatic N) is 2. The molecule has 4 rings (SSSR count). The average Bonchev–Trinajstić information content (AvgIpc) is 3.03. The van der Waals surface area contributed by atoms with Gasteiger partial charge in [0.05, 0.1) is 0 Å². The van der Waals surface area contributed by atoms with Gasteiger partial charge >= 0.3 is 0 Å². The lowest BCUT2D eigenvalue weighted by molar-refractivity contribution is -0.121. The van der Waals surface area contributed by atoms with E-state index in [4.69, 9.17) is 9.51 Å². The highest BCUT2D eigenvalue weighted by molar-refractivity contribution is 5.74. The van der Waals surface area contributed by atoms with Gasteiger partial charge in [-0.25, -0.2) is 0 Å². The Balaban J connectivity index is 1.57. The molecule has 1 amide bonds. The zero-order valence-electron chi connectivity index (χ0n) is 13.3. The molecule has 1 aromatic rings. The summed E-state index contributed by atoms with van der Waals surface area (Å²) in [6.45, 7) is 1.58. The van der Waals surface area contributed by atoms with Crippen LogP contribution in [0, 0.1) is 11.8 Å². The quantitative estimate of drug-likeness (QED) is 0.930. The van der Waals surface area contributed by atoms with Crippen LogP contribution in [0.4, 0.5) is 0 Å². The van der Waals surface area contributed by atoms with E-state index in [-0.39, 0.29) is 5.91 Å². The molecule has 22 heavy (non-hydrogen) atoms. The van der Waals surface area contributed by atoms with Crippen LogP contribution in [0.25, 0.3) is 0 Å². The maximum atomic E-state index is 11.7. The molecule has 2 atom stereocenters. The molecule has 0 radical (unpaired) electrons. The molecular weight excluding hydrogens is 278 g/mol. The van der Waals surface area contributed by atoms with Crippen molar-refractivity contribution < 1.29 is 9.32 Å². The summed E-state index contributed by atoms with van der Waals surface area (Å²) in [6.07, 6.45) is 10.6. The molecule has 0 aromatic carbocycles. The molecule has 1 heterocycles. The third kappa shape index (κ3) is 2.34. The van der Waals surface area contributed by atoms with Crippen molar-refractivity contribution >= 4 is 5.91 Å². The van der Waals surface area contributed by atoms with E-state index in [2.05, 4.69) is 10.5 Å². The first-order valence-corrected chi connectivity index (χ1v) is 8.82. The Morgan fingerprint density at radius 3 is 2.45 bits per heavy atom. The number of hydrogen-bond acceptors (Lipinski definition) is 4. The van der Waals surface area contributed by atoms with E-state index in [9.17, 15) is 4.79 Å². The zero-order valence-corrected chi connectivity index (χ0v) is 13.3. The van der Waals surface area contributed by atoms with Gasteiger partial charge in [0, 0.05) is 12.8 Å². The lowest BCUT2D eigenvalue weighted by atomic mass is 9.81. The van der Waals surface area contributed by atoms with Gasteiger partial charge in [-0.2, -0.15) is 4.98 Å². The minimum absolute atomic E-state index is 0.00617. The number of carbonyl (C=O) groups excluding carboxylic acids is 1. The molecule has 5 heteroatoms. The lowest BCUT2D eigenvalue weighted by Gasteiger charge is -2.34. The van der Waals surface area contributed by atoms with Crippen molar-refractivity contribution in [2.75, 3.05) is 0 Å². The Bertz CT molecular complexity index is 550. The SMILES string of the molecule is CC(=O)NC1(c2noc(C3C4CCCCC43)n2)CCCCC1. The Kier molecular flexibility index (Phi) is 3.46. The van der Waals surface area contributed by atoms with Gasteiger partial charge in [-0.1, -0.05) is 37.3 Å². The van der Waals surface area contributed by atoms with Crippen molar-refractivity contribution in [3.05, 3.63) is 11.7 Å². The first kappa shape index (κ1) is 14.2. The minimum Gasteiger partial charge on any atom is -0.343 e. The van der Waals surface area contributed by atoms with Crippen molar-refractivity contribution in [2.24, 2.45) is 11.8 Å². The highest BCUT2D eigenvalue weighted by Gasteiger charge is 2.55. The summed E-state index contributed by atoms with van der Waals surface area (Å²) in [5.74, 6) is 3.55. The Hall–Kier alpha value is -1.39. The monoisotopic (exact) mass is 303 g/mol. The predicted octanol–water partition coefficient (Wildman–Crippen LogP) is 3.27. The second-order valence-electron chi connectivity index (χ2n) is 7.42. The van der Waals surface area contributed by atoms with Gasteiger partial charge in [0.1, 0.15) is 5.54 Å². The molecule has 0 aliphatic heterocycles. The molecule has 2 unspecified atom stereocenters. The second kappa shape index (κ2) is 5.36. The van der Waals surface area contributed by atoms with Gasteiger partial charge in [-0.15, -0.1) is 0 Å². The summed E-state index contributed by atoms with van der Waals surface area (Å²) in [5.41, 5.74) is -0.397. The number of fused-ring (bicyclic) bond motifs is 1. The number of rotatable bonds is 3. The van der Waals surface area contributed by atoms with Gasteiger partial charge in [-0.05, 0) is 37.5 Å². The highest BCUT2D eigenvalue weighted by Crippen LogP contribution is 2.60. The van der Waals surface area contributed by atoms with Crippen molar-refractivity contribution in [3.8, 4) is 0 Å². The third-order valence-electron chi connectivity index (χ3n) is 5.93. The van der Waals surface area contributed by atoms with Crippen LogP contribution in [-0.4, -0.2) is 16.0 Å². The van der Waals surface area contributed by atoms with Crippen molar-refractivity contribution in [1.29, 1.82) is 0 Å². The molecule has 3 aliphatic rings. The predicted molar refractivity (Wildman–Crippen MR) is 81.1 cm³/mol. The van der Waals surface area contributed by atoms with Gasteiger partial charge in [-0.3, -0.25) is 4.79 Å². The van der Waals surface area contributed by atoms with Crippen LogP contribution in [0.2, 0.25) is 0 Å². The molecule has 120 valence electrons. The van der Waals surface area contributed by atoms with Crippen LogP contribution in [0.5, 0.6) is 0 Å². The maximum Gasteiger partial charge on any atom is 0.230 e. The molecule has 3 saturated carbocycles. The lowest BCUT2D eigenvalue weighted by Crippen LogP contribution is -2.47. The van der Waals surface area contributed by atoms with E-state index in [0.29, 0.717) is 11.7 Å². The molecule has 1 aromatic heterocycles. The Labute approximate surface area is 131 Å². The first-order valence-electron chi connectivity index (χ1n) is 8.82. The van der Waals surface area contributed by atoms with Crippen molar-refractivity contribution in [2.45, 2.75) is 76.2 Å². The summed E-state index contributed by atoms with van der Waals surface area (Å²) in [7, 11) is 0. The molecule has 0 spiro atoms. The number of carbonyl (C=O) groups is 1. The van der Waals surface area contributed by atoms with Crippen LogP contribution in [0.1, 0.15) is 82.3 Å². The number of nitrogens with one attached hydrogen (secondary N) is 1. The summed E-state index contributed by atoms with van der Waals surface area (Å²) in [6, 6.07) is 0.